The molecule has 0 N–H and O–H groups in total. The van der Waals surface area contributed by atoms with Crippen LogP contribution in [0.1, 0.15) is 153 Å². The Labute approximate surface area is 427 Å². The summed E-state index contributed by atoms with van der Waals surface area (Å²) in [6, 6.07) is 54.0. The van der Waals surface area contributed by atoms with Crippen molar-refractivity contribution < 1.29 is 0 Å². The average molecular weight is 933 g/mol. The molecule has 0 saturated carbocycles. The molecule has 2 nitrogen and oxygen atoms in total. The SMILES string of the molecule is CC(C)(C)c1ccc(N2B3c4cc5c(cc4-n4c6cc7c(cc6c6ccc(c3c64)-c3cc4c(cc32)-c2cc3c(cc2C4(C)C)C(C)(C)CCC3(C)C)C(C)(C)c2ccccc2-7)C(C)(C)c2ccccc2-5)cc1. The van der Waals surface area contributed by atoms with Crippen LogP contribution in [0.15, 0.2) is 133 Å². The maximum Gasteiger partial charge on any atom is 0.333 e. The summed E-state index contributed by atoms with van der Waals surface area (Å²) in [4.78, 5) is 2.78. The highest BCUT2D eigenvalue weighted by Gasteiger charge is 2.49. The fourth-order valence-corrected chi connectivity index (χ4v) is 15.5. The van der Waals surface area contributed by atoms with E-state index in [-0.39, 0.29) is 39.3 Å². The molecule has 0 radical (unpaired) electrons. The molecule has 3 heterocycles. The molecule has 0 atom stereocenters. The van der Waals surface area contributed by atoms with Crippen molar-refractivity contribution in [2.24, 2.45) is 0 Å². The number of hydrogen-bond donors (Lipinski definition) is 0. The first-order valence-corrected chi connectivity index (χ1v) is 26.9. The molecule has 0 spiro atoms. The van der Waals surface area contributed by atoms with Gasteiger partial charge in [0.2, 0.25) is 0 Å². The third-order valence-electron chi connectivity index (χ3n) is 19.8. The zero-order chi connectivity index (χ0) is 49.7. The van der Waals surface area contributed by atoms with E-state index in [2.05, 4.69) is 233 Å². The van der Waals surface area contributed by atoms with Crippen LogP contribution in [-0.4, -0.2) is 11.4 Å². The molecule has 9 aromatic rings. The van der Waals surface area contributed by atoms with Crippen LogP contribution in [-0.2, 0) is 32.5 Å². The number of benzene rings is 8. The van der Waals surface area contributed by atoms with Gasteiger partial charge >= 0.3 is 6.85 Å². The second-order valence-electron chi connectivity index (χ2n) is 26.8. The van der Waals surface area contributed by atoms with Gasteiger partial charge in [-0.3, -0.25) is 0 Å². The minimum atomic E-state index is -0.171. The highest BCUT2D eigenvalue weighted by molar-refractivity contribution is 6.93. The Hall–Kier alpha value is -6.58. The summed E-state index contributed by atoms with van der Waals surface area (Å²) in [6.45, 7) is 31.5. The van der Waals surface area contributed by atoms with E-state index < -0.39 is 0 Å². The van der Waals surface area contributed by atoms with Crippen molar-refractivity contribution in [1.82, 2.24) is 4.57 Å². The average Bonchev–Trinajstić information content (AvgIpc) is 3.96. The minimum absolute atomic E-state index is 0.0309. The molecule has 8 aromatic carbocycles. The molecule has 4 aliphatic carbocycles. The molecule has 3 heteroatoms. The van der Waals surface area contributed by atoms with E-state index in [1.54, 1.807) is 5.56 Å². The summed E-state index contributed by atoms with van der Waals surface area (Å²) in [6.07, 6.45) is 2.41. The second kappa shape index (κ2) is 13.1. The van der Waals surface area contributed by atoms with Crippen LogP contribution in [0.5, 0.6) is 0 Å². The molecule has 72 heavy (non-hydrogen) atoms. The predicted octanol–water partition coefficient (Wildman–Crippen LogP) is 16.6. The number of nitrogens with zero attached hydrogens (tertiary/aromatic N) is 2. The molecule has 0 bridgehead atoms. The first-order chi connectivity index (χ1) is 34.1. The van der Waals surface area contributed by atoms with E-state index in [1.807, 2.05) is 0 Å². The Morgan fingerprint density at radius 3 is 1.60 bits per heavy atom. The maximum absolute atomic E-state index is 2.78. The molecule has 0 saturated heterocycles. The van der Waals surface area contributed by atoms with Crippen LogP contribution in [0, 0.1) is 0 Å². The molecule has 0 amide bonds. The van der Waals surface area contributed by atoms with Gasteiger partial charge in [-0.15, -0.1) is 0 Å². The van der Waals surface area contributed by atoms with Crippen molar-refractivity contribution in [3.63, 3.8) is 0 Å². The number of rotatable bonds is 1. The van der Waals surface area contributed by atoms with Gasteiger partial charge in [-0.05, 0) is 178 Å². The minimum Gasteiger partial charge on any atom is -0.376 e. The summed E-state index contributed by atoms with van der Waals surface area (Å²) in [5, 5.41) is 2.68. The van der Waals surface area contributed by atoms with E-state index in [9.17, 15) is 0 Å². The summed E-state index contributed by atoms with van der Waals surface area (Å²) in [7, 11) is 0. The summed E-state index contributed by atoms with van der Waals surface area (Å²) in [5.74, 6) is 0. The lowest BCUT2D eigenvalue weighted by Gasteiger charge is -2.43. The Morgan fingerprint density at radius 2 is 0.944 bits per heavy atom. The zero-order valence-electron chi connectivity index (χ0n) is 44.6. The van der Waals surface area contributed by atoms with Crippen molar-refractivity contribution in [3.05, 3.63) is 184 Å². The van der Waals surface area contributed by atoms with Crippen LogP contribution >= 0.6 is 0 Å². The molecule has 15 rings (SSSR count). The first-order valence-electron chi connectivity index (χ1n) is 26.9. The van der Waals surface area contributed by atoms with E-state index in [0.717, 1.165) is 0 Å². The van der Waals surface area contributed by atoms with Crippen molar-refractivity contribution >= 4 is 51.0 Å². The van der Waals surface area contributed by atoms with E-state index in [1.165, 1.54) is 152 Å². The van der Waals surface area contributed by atoms with Crippen LogP contribution in [0.4, 0.5) is 11.4 Å². The number of anilines is 2. The fraction of sp³-hybridized carbons (Fsp3) is 0.304. The Kier molecular flexibility index (Phi) is 7.86. The Bertz CT molecular complexity index is 3990. The monoisotopic (exact) mass is 933 g/mol. The largest absolute Gasteiger partial charge is 0.376 e. The highest BCUT2D eigenvalue weighted by Crippen LogP contribution is 2.59. The van der Waals surface area contributed by atoms with Gasteiger partial charge in [-0.1, -0.05) is 175 Å². The third-order valence-corrected chi connectivity index (χ3v) is 19.8. The lowest BCUT2D eigenvalue weighted by molar-refractivity contribution is 0.331. The van der Waals surface area contributed by atoms with Crippen LogP contribution in [0.2, 0.25) is 0 Å². The van der Waals surface area contributed by atoms with Gasteiger partial charge in [0.15, 0.2) is 0 Å². The molecule has 6 aliphatic rings. The van der Waals surface area contributed by atoms with Crippen molar-refractivity contribution in [2.75, 3.05) is 4.81 Å². The number of hydrogen-bond acceptors (Lipinski definition) is 1. The van der Waals surface area contributed by atoms with Crippen LogP contribution < -0.4 is 15.7 Å². The molecule has 1 aromatic heterocycles. The first kappa shape index (κ1) is 43.0. The van der Waals surface area contributed by atoms with Gasteiger partial charge in [0.05, 0.1) is 11.0 Å². The quantitative estimate of drug-likeness (QED) is 0.149. The van der Waals surface area contributed by atoms with E-state index >= 15 is 0 Å². The number of aromatic nitrogens is 1. The highest BCUT2D eigenvalue weighted by atomic mass is 15.1. The van der Waals surface area contributed by atoms with Gasteiger partial charge in [0.1, 0.15) is 0 Å². The lowest BCUT2D eigenvalue weighted by Crippen LogP contribution is -2.60. The molecular formula is C69H65BN2. The van der Waals surface area contributed by atoms with Crippen molar-refractivity contribution in [1.29, 1.82) is 0 Å². The van der Waals surface area contributed by atoms with Crippen LogP contribution in [0.25, 0.3) is 72.0 Å². The molecular weight excluding hydrogens is 868 g/mol. The summed E-state index contributed by atoms with van der Waals surface area (Å²) in [5.41, 5.74) is 33.1. The van der Waals surface area contributed by atoms with Crippen LogP contribution in [0.3, 0.4) is 0 Å². The summed E-state index contributed by atoms with van der Waals surface area (Å²) < 4.78 is 2.72. The van der Waals surface area contributed by atoms with Gasteiger partial charge < -0.3 is 9.38 Å². The molecule has 0 fully saturated rings. The van der Waals surface area contributed by atoms with E-state index in [4.69, 9.17) is 0 Å². The molecule has 2 aliphatic heterocycles. The zero-order valence-corrected chi connectivity index (χ0v) is 44.6. The van der Waals surface area contributed by atoms with Crippen molar-refractivity contribution in [2.45, 2.75) is 135 Å². The van der Waals surface area contributed by atoms with E-state index in [0.29, 0.717) is 0 Å². The van der Waals surface area contributed by atoms with Gasteiger partial charge in [-0.25, -0.2) is 0 Å². The topological polar surface area (TPSA) is 8.17 Å². The Morgan fingerprint density at radius 1 is 0.417 bits per heavy atom. The fourth-order valence-electron chi connectivity index (χ4n) is 15.5. The van der Waals surface area contributed by atoms with Gasteiger partial charge in [0, 0.05) is 49.6 Å². The smallest absolute Gasteiger partial charge is 0.333 e. The number of fused-ring (bicyclic) bond motifs is 18. The standard InChI is InChI=1S/C69H65BN2/c1-64(2,3)38-22-24-39(25-23-38)72-60-35-47-44-30-56-57(66(6,7)29-28-65(56,4)5)36-54(44)69(12,13)53(47)31-48(60)42-26-27-43-49-32-52-46(41-19-15-17-21-51(41)67(52,8)9)34-59(49)71-61-37-55-45(33-58(61)70(72)62(42)63(43)71)40-18-14-16-20-50(40)68(55,10)11/h14-27,30-37H,28-29H2,1-13H3. The third kappa shape index (κ3) is 5.13. The maximum atomic E-state index is 2.78. The molecule has 0 unspecified atom stereocenters. The predicted molar refractivity (Wildman–Crippen MR) is 306 cm³/mol. The summed E-state index contributed by atoms with van der Waals surface area (Å²) >= 11 is 0. The van der Waals surface area contributed by atoms with Crippen molar-refractivity contribution in [3.8, 4) is 50.2 Å². The van der Waals surface area contributed by atoms with Gasteiger partial charge in [0.25, 0.3) is 0 Å². The molecule has 354 valence electrons. The van der Waals surface area contributed by atoms with Gasteiger partial charge in [-0.2, -0.15) is 0 Å². The second-order valence-corrected chi connectivity index (χ2v) is 26.8. The Balaban J connectivity index is 1.08. The lowest BCUT2D eigenvalue weighted by atomic mass is 9.43. The normalized spacial score (nSPS) is 18.7.